The number of hydrazone groups is 1. The van der Waals surface area contributed by atoms with E-state index in [0.717, 1.165) is 22.0 Å². The summed E-state index contributed by atoms with van der Waals surface area (Å²) in [7, 11) is 0. The topological polar surface area (TPSA) is 75.5 Å². The van der Waals surface area contributed by atoms with Gasteiger partial charge in [0.25, 0.3) is 11.8 Å². The van der Waals surface area contributed by atoms with Crippen LogP contribution in [0.5, 0.6) is 0 Å². The highest BCUT2D eigenvalue weighted by Crippen LogP contribution is 2.23. The average Bonchev–Trinajstić information content (AvgIpc) is 3.22. The van der Waals surface area contributed by atoms with E-state index in [2.05, 4.69) is 20.4 Å². The molecule has 0 aliphatic carbocycles. The van der Waals surface area contributed by atoms with E-state index in [9.17, 15) is 9.59 Å². The van der Waals surface area contributed by atoms with Gasteiger partial charge in [-0.15, -0.1) is 0 Å². The van der Waals surface area contributed by atoms with Crippen molar-refractivity contribution in [2.75, 3.05) is 0 Å². The summed E-state index contributed by atoms with van der Waals surface area (Å²) in [5.74, 6) is -1.03. The molecular weight excluding hydrogens is 531 g/mol. The van der Waals surface area contributed by atoms with E-state index in [0.29, 0.717) is 22.2 Å². The van der Waals surface area contributed by atoms with Crippen molar-refractivity contribution in [3.63, 3.8) is 0 Å². The Kier molecular flexibility index (Phi) is 8.54. The number of carbonyl (C=O) groups excluding carboxylic acids is 2. The van der Waals surface area contributed by atoms with Gasteiger partial charge in [-0.2, -0.15) is 5.10 Å². The fraction of sp³-hybridized carbons (Fsp3) is 0.179. The third kappa shape index (κ3) is 6.52. The van der Waals surface area contributed by atoms with Crippen LogP contribution in [0, 0.1) is 5.92 Å². The number of aromatic nitrogens is 1. The van der Waals surface area contributed by atoms with Crippen LogP contribution in [0.15, 0.2) is 78.0 Å². The molecule has 1 aromatic heterocycles. The van der Waals surface area contributed by atoms with Gasteiger partial charge in [-0.25, -0.2) is 5.43 Å². The molecule has 0 fully saturated rings. The molecule has 0 saturated carbocycles. The van der Waals surface area contributed by atoms with Crippen molar-refractivity contribution < 1.29 is 9.59 Å². The predicted molar refractivity (Wildman–Crippen MR) is 151 cm³/mol. The molecule has 0 bridgehead atoms. The zero-order valence-corrected chi connectivity index (χ0v) is 22.5. The van der Waals surface area contributed by atoms with Crippen molar-refractivity contribution in [1.82, 2.24) is 15.3 Å². The van der Waals surface area contributed by atoms with Crippen LogP contribution < -0.4 is 10.7 Å². The molecule has 6 nitrogen and oxygen atoms in total. The Balaban J connectivity index is 1.48. The van der Waals surface area contributed by atoms with Crippen LogP contribution in [0.1, 0.15) is 35.3 Å². The minimum absolute atomic E-state index is 0.178. The summed E-state index contributed by atoms with van der Waals surface area (Å²) >= 11 is 18.0. The molecule has 4 rings (SSSR count). The number of carbonyl (C=O) groups is 2. The normalized spacial score (nSPS) is 12.3. The summed E-state index contributed by atoms with van der Waals surface area (Å²) < 4.78 is 2.12. The molecule has 2 amide bonds. The molecule has 1 heterocycles. The lowest BCUT2D eigenvalue weighted by atomic mass is 10.0. The van der Waals surface area contributed by atoms with Crippen LogP contribution in [-0.2, 0) is 11.3 Å². The van der Waals surface area contributed by atoms with Crippen LogP contribution in [-0.4, -0.2) is 28.6 Å². The van der Waals surface area contributed by atoms with Crippen molar-refractivity contribution >= 4 is 63.7 Å². The molecule has 1 unspecified atom stereocenters. The standard InChI is InChI=1S/C28H25Cl3N4O2/c1-17(2)26(33-27(36)19-9-12-23(30)24(31)13-19)28(37)34-32-14-20-16-35(25-6-4-3-5-22(20)25)15-18-7-10-21(29)11-8-18/h3-14,16-17,26H,15H2,1-2H3,(H,33,36)(H,34,37). The molecule has 4 aromatic rings. The number of amides is 2. The lowest BCUT2D eigenvalue weighted by Gasteiger charge is -2.20. The molecule has 0 radical (unpaired) electrons. The second-order valence-electron chi connectivity index (χ2n) is 8.91. The van der Waals surface area contributed by atoms with Gasteiger partial charge < -0.3 is 9.88 Å². The number of fused-ring (bicyclic) bond motifs is 1. The van der Waals surface area contributed by atoms with E-state index in [1.807, 2.05) is 68.6 Å². The summed E-state index contributed by atoms with van der Waals surface area (Å²) in [6, 6.07) is 19.4. The van der Waals surface area contributed by atoms with Crippen molar-refractivity contribution in [2.45, 2.75) is 26.4 Å². The molecular formula is C28H25Cl3N4O2. The molecule has 0 spiro atoms. The van der Waals surface area contributed by atoms with Crippen LogP contribution >= 0.6 is 34.8 Å². The molecule has 37 heavy (non-hydrogen) atoms. The molecule has 0 aliphatic rings. The van der Waals surface area contributed by atoms with Gasteiger partial charge in [0.1, 0.15) is 6.04 Å². The smallest absolute Gasteiger partial charge is 0.262 e. The summed E-state index contributed by atoms with van der Waals surface area (Å²) in [4.78, 5) is 25.6. The molecule has 190 valence electrons. The van der Waals surface area contributed by atoms with Crippen LogP contribution in [0.2, 0.25) is 15.1 Å². The Labute approximate surface area is 230 Å². The quantitative estimate of drug-likeness (QED) is 0.191. The van der Waals surface area contributed by atoms with Crippen LogP contribution in [0.4, 0.5) is 0 Å². The zero-order chi connectivity index (χ0) is 26.5. The predicted octanol–water partition coefficient (Wildman–Crippen LogP) is 6.55. The van der Waals surface area contributed by atoms with Crippen LogP contribution in [0.3, 0.4) is 0 Å². The minimum Gasteiger partial charge on any atom is -0.342 e. The summed E-state index contributed by atoms with van der Waals surface area (Å²) in [6.45, 7) is 4.34. The second kappa shape index (κ2) is 11.8. The largest absolute Gasteiger partial charge is 0.342 e. The average molecular weight is 556 g/mol. The Morgan fingerprint density at radius 3 is 2.41 bits per heavy atom. The van der Waals surface area contributed by atoms with E-state index in [-0.39, 0.29) is 10.9 Å². The second-order valence-corrected chi connectivity index (χ2v) is 10.2. The lowest BCUT2D eigenvalue weighted by molar-refractivity contribution is -0.123. The van der Waals surface area contributed by atoms with Gasteiger partial charge in [0.15, 0.2) is 0 Å². The first-order valence-electron chi connectivity index (χ1n) is 11.6. The SMILES string of the molecule is CC(C)C(NC(=O)c1ccc(Cl)c(Cl)c1)C(=O)NN=Cc1cn(Cc2ccc(Cl)cc2)c2ccccc12. The molecule has 2 N–H and O–H groups in total. The molecule has 3 aromatic carbocycles. The van der Waals surface area contributed by atoms with Gasteiger partial charge in [-0.1, -0.05) is 79.0 Å². The minimum atomic E-state index is -0.801. The van der Waals surface area contributed by atoms with Gasteiger partial charge >= 0.3 is 0 Å². The summed E-state index contributed by atoms with van der Waals surface area (Å²) in [5.41, 5.74) is 5.88. The summed E-state index contributed by atoms with van der Waals surface area (Å²) in [6.07, 6.45) is 3.59. The van der Waals surface area contributed by atoms with E-state index in [1.165, 1.54) is 12.1 Å². The molecule has 0 aliphatic heterocycles. The monoisotopic (exact) mass is 554 g/mol. The Morgan fingerprint density at radius 2 is 1.70 bits per heavy atom. The number of hydrogen-bond acceptors (Lipinski definition) is 3. The number of halogens is 3. The molecule has 1 atom stereocenters. The summed E-state index contributed by atoms with van der Waals surface area (Å²) in [5, 5.41) is 9.25. The maximum Gasteiger partial charge on any atom is 0.262 e. The Bertz CT molecular complexity index is 1460. The van der Waals surface area contributed by atoms with Gasteiger partial charge in [0.2, 0.25) is 0 Å². The highest BCUT2D eigenvalue weighted by molar-refractivity contribution is 6.42. The Hall–Kier alpha value is -3.32. The van der Waals surface area contributed by atoms with Crippen molar-refractivity contribution in [3.8, 4) is 0 Å². The van der Waals surface area contributed by atoms with Gasteiger partial charge in [0.05, 0.1) is 16.3 Å². The zero-order valence-electron chi connectivity index (χ0n) is 20.2. The van der Waals surface area contributed by atoms with Gasteiger partial charge in [0, 0.05) is 39.8 Å². The van der Waals surface area contributed by atoms with Gasteiger partial charge in [-0.3, -0.25) is 9.59 Å². The molecule has 9 heteroatoms. The maximum absolute atomic E-state index is 12.9. The number of nitrogens with one attached hydrogen (secondary N) is 2. The third-order valence-electron chi connectivity index (χ3n) is 5.88. The first-order valence-corrected chi connectivity index (χ1v) is 12.8. The first kappa shape index (κ1) is 26.7. The third-order valence-corrected chi connectivity index (χ3v) is 6.87. The van der Waals surface area contributed by atoms with Crippen LogP contribution in [0.25, 0.3) is 10.9 Å². The fourth-order valence-corrected chi connectivity index (χ4v) is 4.35. The lowest BCUT2D eigenvalue weighted by Crippen LogP contribution is -2.48. The number of nitrogens with zero attached hydrogens (tertiary/aromatic N) is 2. The van der Waals surface area contributed by atoms with Crippen molar-refractivity contribution in [1.29, 1.82) is 0 Å². The van der Waals surface area contributed by atoms with E-state index in [4.69, 9.17) is 34.8 Å². The number of benzene rings is 3. The first-order chi connectivity index (χ1) is 17.7. The highest BCUT2D eigenvalue weighted by atomic mass is 35.5. The van der Waals surface area contributed by atoms with Crippen molar-refractivity contribution in [2.24, 2.45) is 11.0 Å². The number of hydrogen-bond donors (Lipinski definition) is 2. The number of rotatable bonds is 8. The maximum atomic E-state index is 12.9. The Morgan fingerprint density at radius 1 is 0.973 bits per heavy atom. The highest BCUT2D eigenvalue weighted by Gasteiger charge is 2.25. The van der Waals surface area contributed by atoms with E-state index < -0.39 is 17.9 Å². The fourth-order valence-electron chi connectivity index (χ4n) is 3.93. The van der Waals surface area contributed by atoms with E-state index >= 15 is 0 Å². The number of para-hydroxylation sites is 1. The van der Waals surface area contributed by atoms with E-state index in [1.54, 1.807) is 12.3 Å². The van der Waals surface area contributed by atoms with Gasteiger partial charge in [-0.05, 0) is 47.9 Å². The molecule has 0 saturated heterocycles. The van der Waals surface area contributed by atoms with Crippen molar-refractivity contribution in [3.05, 3.63) is 105 Å².